The third-order valence-electron chi connectivity index (χ3n) is 3.17. The number of hydrogen-bond acceptors (Lipinski definition) is 4. The van der Waals surface area contributed by atoms with Crippen LogP contribution in [-0.2, 0) is 14.8 Å². The molecule has 0 spiro atoms. The van der Waals surface area contributed by atoms with Gasteiger partial charge in [-0.2, -0.15) is 0 Å². The summed E-state index contributed by atoms with van der Waals surface area (Å²) < 4.78 is 22.6. The number of benzene rings is 1. The van der Waals surface area contributed by atoms with Crippen LogP contribution in [0.4, 0.5) is 5.69 Å². The lowest BCUT2D eigenvalue weighted by Crippen LogP contribution is -2.28. The number of carboxylic acid groups (broad SMARTS) is 1. The Morgan fingerprint density at radius 3 is 2.71 bits per heavy atom. The van der Waals surface area contributed by atoms with E-state index in [4.69, 9.17) is 5.14 Å². The Balaban J connectivity index is 2.34. The molecular weight excluding hydrogens is 364 g/mol. The van der Waals surface area contributed by atoms with Crippen LogP contribution in [0, 0.1) is 5.92 Å². The number of anilines is 1. The van der Waals surface area contributed by atoms with Gasteiger partial charge in [0.25, 0.3) is 0 Å². The van der Waals surface area contributed by atoms with Gasteiger partial charge in [0.05, 0.1) is 17.0 Å². The molecular formula is C12H13BrN2O5S. The van der Waals surface area contributed by atoms with Crippen molar-refractivity contribution < 1.29 is 23.1 Å². The molecule has 9 heteroatoms. The van der Waals surface area contributed by atoms with E-state index in [2.05, 4.69) is 15.9 Å². The molecule has 1 amide bonds. The predicted molar refractivity (Wildman–Crippen MR) is 79.5 cm³/mol. The average Bonchev–Trinajstić information content (AvgIpc) is 2.66. The Bertz CT molecular complexity index is 704. The van der Waals surface area contributed by atoms with Gasteiger partial charge in [-0.1, -0.05) is 6.07 Å². The molecule has 0 aromatic heterocycles. The molecule has 0 radical (unpaired) electrons. The summed E-state index contributed by atoms with van der Waals surface area (Å²) in [5.74, 6) is -2.22. The highest BCUT2D eigenvalue weighted by molar-refractivity contribution is 9.10. The van der Waals surface area contributed by atoms with E-state index in [1.165, 1.54) is 11.0 Å². The largest absolute Gasteiger partial charge is 0.478 e. The Hall–Kier alpha value is -1.45. The van der Waals surface area contributed by atoms with E-state index in [-0.39, 0.29) is 35.9 Å². The minimum atomic E-state index is -3.68. The number of halogens is 1. The van der Waals surface area contributed by atoms with Gasteiger partial charge in [-0.05, 0) is 28.1 Å². The molecule has 3 N–H and O–H groups in total. The van der Waals surface area contributed by atoms with Crippen molar-refractivity contribution in [1.29, 1.82) is 0 Å². The van der Waals surface area contributed by atoms with Crippen LogP contribution in [0.5, 0.6) is 0 Å². The fraction of sp³-hybridized carbons (Fsp3) is 0.333. The van der Waals surface area contributed by atoms with Gasteiger partial charge in [-0.25, -0.2) is 18.4 Å². The van der Waals surface area contributed by atoms with Crippen LogP contribution in [0.2, 0.25) is 0 Å². The first-order valence-corrected chi connectivity index (χ1v) is 8.52. The lowest BCUT2D eigenvalue weighted by atomic mass is 10.1. The normalized spacial score (nSPS) is 19.0. The van der Waals surface area contributed by atoms with E-state index in [0.717, 1.165) is 0 Å². The fourth-order valence-electron chi connectivity index (χ4n) is 2.40. The van der Waals surface area contributed by atoms with Gasteiger partial charge in [-0.3, -0.25) is 4.79 Å². The quantitative estimate of drug-likeness (QED) is 0.804. The molecule has 1 atom stereocenters. The highest BCUT2D eigenvalue weighted by atomic mass is 79.9. The van der Waals surface area contributed by atoms with Crippen molar-refractivity contribution >= 4 is 43.5 Å². The molecule has 0 saturated carbocycles. The first-order valence-electron chi connectivity index (χ1n) is 6.01. The molecule has 1 saturated heterocycles. The Kier molecular flexibility index (Phi) is 4.35. The van der Waals surface area contributed by atoms with Crippen molar-refractivity contribution in [2.24, 2.45) is 11.1 Å². The van der Waals surface area contributed by atoms with Crippen LogP contribution in [-0.4, -0.2) is 37.7 Å². The zero-order valence-corrected chi connectivity index (χ0v) is 13.2. The number of nitrogens with two attached hydrogens (primary N) is 1. The lowest BCUT2D eigenvalue weighted by Gasteiger charge is -2.19. The van der Waals surface area contributed by atoms with Gasteiger partial charge in [0.2, 0.25) is 15.9 Å². The zero-order valence-electron chi connectivity index (χ0n) is 10.8. The highest BCUT2D eigenvalue weighted by Crippen LogP contribution is 2.32. The minimum Gasteiger partial charge on any atom is -0.478 e. The number of carboxylic acids is 1. The van der Waals surface area contributed by atoms with Crippen LogP contribution < -0.4 is 10.0 Å². The van der Waals surface area contributed by atoms with Gasteiger partial charge in [0.15, 0.2) is 0 Å². The smallest absolute Gasteiger partial charge is 0.338 e. The van der Waals surface area contributed by atoms with Crippen LogP contribution in [0.1, 0.15) is 16.8 Å². The van der Waals surface area contributed by atoms with E-state index < -0.39 is 21.9 Å². The summed E-state index contributed by atoms with van der Waals surface area (Å²) in [6, 6.07) is 4.70. The fourth-order valence-corrected chi connectivity index (χ4v) is 3.81. The van der Waals surface area contributed by atoms with E-state index in [0.29, 0.717) is 4.47 Å². The number of aromatic carboxylic acids is 1. The summed E-state index contributed by atoms with van der Waals surface area (Å²) >= 11 is 3.14. The third kappa shape index (κ3) is 3.60. The molecule has 1 heterocycles. The molecule has 2 rings (SSSR count). The summed E-state index contributed by atoms with van der Waals surface area (Å²) in [7, 11) is -3.68. The van der Waals surface area contributed by atoms with Crippen LogP contribution in [0.15, 0.2) is 22.7 Å². The van der Waals surface area contributed by atoms with Crippen molar-refractivity contribution in [2.75, 3.05) is 17.2 Å². The van der Waals surface area contributed by atoms with Gasteiger partial charge >= 0.3 is 5.97 Å². The lowest BCUT2D eigenvalue weighted by molar-refractivity contribution is -0.117. The van der Waals surface area contributed by atoms with Crippen molar-refractivity contribution in [1.82, 2.24) is 0 Å². The van der Waals surface area contributed by atoms with E-state index in [9.17, 15) is 23.1 Å². The zero-order chi connectivity index (χ0) is 15.8. The average molecular weight is 377 g/mol. The number of primary sulfonamides is 1. The first kappa shape index (κ1) is 15.9. The minimum absolute atomic E-state index is 0.0258. The third-order valence-corrected chi connectivity index (χ3v) is 4.77. The van der Waals surface area contributed by atoms with E-state index in [1.807, 2.05) is 0 Å². The summed E-state index contributed by atoms with van der Waals surface area (Å²) in [5.41, 5.74) is 0.223. The summed E-state index contributed by atoms with van der Waals surface area (Å²) in [5, 5.41) is 14.2. The first-order chi connectivity index (χ1) is 9.69. The molecule has 1 aliphatic heterocycles. The number of carbonyl (C=O) groups is 2. The second-order valence-corrected chi connectivity index (χ2v) is 7.36. The maximum atomic E-state index is 12.0. The predicted octanol–water partition coefficient (Wildman–Crippen LogP) is 0.789. The van der Waals surface area contributed by atoms with E-state index >= 15 is 0 Å². The second-order valence-electron chi connectivity index (χ2n) is 4.84. The number of nitrogens with zero attached hydrogens (tertiary/aromatic N) is 1. The summed E-state index contributed by atoms with van der Waals surface area (Å²) in [4.78, 5) is 24.7. The molecule has 0 aliphatic carbocycles. The van der Waals surface area contributed by atoms with Gasteiger partial charge < -0.3 is 10.0 Å². The summed E-state index contributed by atoms with van der Waals surface area (Å²) in [6.07, 6.45) is 0.0298. The highest BCUT2D eigenvalue weighted by Gasteiger charge is 2.34. The molecule has 21 heavy (non-hydrogen) atoms. The topological polar surface area (TPSA) is 118 Å². The standard InChI is InChI=1S/C12H13BrN2O5S/c13-8-2-1-3-9(11(8)12(17)18)15-5-7(4-10(15)16)6-21(14,19)20/h1-3,7H,4-6H2,(H,17,18)(H2,14,19,20). The van der Waals surface area contributed by atoms with Crippen LogP contribution >= 0.6 is 15.9 Å². The SMILES string of the molecule is NS(=O)(=O)CC1CC(=O)N(c2cccc(Br)c2C(=O)O)C1. The molecule has 7 nitrogen and oxygen atoms in total. The molecule has 114 valence electrons. The number of amides is 1. The number of rotatable bonds is 4. The maximum absolute atomic E-state index is 12.0. The molecule has 1 aromatic carbocycles. The molecule has 1 fully saturated rings. The molecule has 1 unspecified atom stereocenters. The van der Waals surface area contributed by atoms with Crippen molar-refractivity contribution in [2.45, 2.75) is 6.42 Å². The van der Waals surface area contributed by atoms with E-state index in [1.54, 1.807) is 12.1 Å². The van der Waals surface area contributed by atoms with Crippen LogP contribution in [0.25, 0.3) is 0 Å². The molecule has 1 aliphatic rings. The molecule has 0 bridgehead atoms. The Morgan fingerprint density at radius 2 is 2.14 bits per heavy atom. The number of carbonyl (C=O) groups excluding carboxylic acids is 1. The molecule has 1 aromatic rings. The van der Waals surface area contributed by atoms with Crippen molar-refractivity contribution in [3.8, 4) is 0 Å². The van der Waals surface area contributed by atoms with Gasteiger partial charge in [-0.15, -0.1) is 0 Å². The second kappa shape index (κ2) is 5.74. The van der Waals surface area contributed by atoms with Gasteiger partial charge in [0.1, 0.15) is 0 Å². The van der Waals surface area contributed by atoms with Crippen molar-refractivity contribution in [3.05, 3.63) is 28.2 Å². The summed E-state index contributed by atoms with van der Waals surface area (Å²) in [6.45, 7) is 0.131. The van der Waals surface area contributed by atoms with Gasteiger partial charge in [0, 0.05) is 23.4 Å². The van der Waals surface area contributed by atoms with Crippen LogP contribution in [0.3, 0.4) is 0 Å². The maximum Gasteiger partial charge on any atom is 0.338 e. The van der Waals surface area contributed by atoms with Crippen molar-refractivity contribution in [3.63, 3.8) is 0 Å². The number of sulfonamides is 1. The Morgan fingerprint density at radius 1 is 1.48 bits per heavy atom. The Labute approximate surface area is 129 Å². The number of hydrogen-bond donors (Lipinski definition) is 2. The monoisotopic (exact) mass is 376 g/mol.